The number of amides is 2. The Balaban J connectivity index is 1.74. The first kappa shape index (κ1) is 17.5. The summed E-state index contributed by atoms with van der Waals surface area (Å²) in [5.41, 5.74) is 0.509. The van der Waals surface area contributed by atoms with Gasteiger partial charge in [0.25, 0.3) is 0 Å². The normalized spacial score (nSPS) is 33.8. The Morgan fingerprint density at radius 1 is 0.815 bits per heavy atom. The SMILES string of the molecule is CC(=O)O[C@@H]1[C@H]2C=C[C@@H]([C@H]1OC(C)=O)[C@@H]1C(=O)N(c3ccccc3)C(=O)[C@H]21. The van der Waals surface area contributed by atoms with Crippen molar-refractivity contribution < 1.29 is 28.7 Å². The van der Waals surface area contributed by atoms with E-state index in [4.69, 9.17) is 9.47 Å². The zero-order valence-corrected chi connectivity index (χ0v) is 14.9. The van der Waals surface area contributed by atoms with Crippen molar-refractivity contribution in [3.8, 4) is 0 Å². The Labute approximate surface area is 155 Å². The minimum Gasteiger partial charge on any atom is -0.458 e. The van der Waals surface area contributed by atoms with Gasteiger partial charge < -0.3 is 9.47 Å². The van der Waals surface area contributed by atoms with Gasteiger partial charge in [0.2, 0.25) is 11.8 Å². The van der Waals surface area contributed by atoms with Crippen LogP contribution in [-0.2, 0) is 28.7 Å². The first-order valence-corrected chi connectivity index (χ1v) is 8.86. The topological polar surface area (TPSA) is 90.0 Å². The van der Waals surface area contributed by atoms with E-state index in [0.717, 1.165) is 0 Å². The van der Waals surface area contributed by atoms with Gasteiger partial charge in [-0.3, -0.25) is 24.1 Å². The van der Waals surface area contributed by atoms with Crippen molar-refractivity contribution in [3.63, 3.8) is 0 Å². The predicted octanol–water partition coefficient (Wildman–Crippen LogP) is 1.47. The number of ether oxygens (including phenoxy) is 2. The molecule has 7 heteroatoms. The Morgan fingerprint density at radius 3 is 1.67 bits per heavy atom. The fraction of sp³-hybridized carbons (Fsp3) is 0.400. The third kappa shape index (κ3) is 2.65. The molecule has 6 atom stereocenters. The maximum absolute atomic E-state index is 13.1. The fourth-order valence-corrected chi connectivity index (χ4v) is 4.59. The van der Waals surface area contributed by atoms with Crippen molar-refractivity contribution in [2.45, 2.75) is 26.1 Å². The summed E-state index contributed by atoms with van der Waals surface area (Å²) in [7, 11) is 0. The summed E-state index contributed by atoms with van der Waals surface area (Å²) in [6.07, 6.45) is 2.04. The molecular formula is C20H19NO6. The van der Waals surface area contributed by atoms with Crippen LogP contribution in [0.5, 0.6) is 0 Å². The average Bonchev–Trinajstić information content (AvgIpc) is 2.90. The third-order valence-electron chi connectivity index (χ3n) is 5.48. The smallest absolute Gasteiger partial charge is 0.303 e. The zero-order valence-electron chi connectivity index (χ0n) is 14.9. The molecule has 0 radical (unpaired) electrons. The van der Waals surface area contributed by atoms with Gasteiger partial charge in [-0.2, -0.15) is 0 Å². The van der Waals surface area contributed by atoms with Gasteiger partial charge in [-0.25, -0.2) is 0 Å². The van der Waals surface area contributed by atoms with E-state index in [-0.39, 0.29) is 11.8 Å². The van der Waals surface area contributed by atoms with E-state index in [1.54, 1.807) is 42.5 Å². The summed E-state index contributed by atoms with van der Waals surface area (Å²) in [5, 5.41) is 0. The van der Waals surface area contributed by atoms with Gasteiger partial charge >= 0.3 is 11.9 Å². The molecule has 1 aromatic rings. The number of rotatable bonds is 3. The lowest BCUT2D eigenvalue weighted by atomic mass is 9.60. The van der Waals surface area contributed by atoms with Crippen molar-refractivity contribution in [1.82, 2.24) is 0 Å². The number of carbonyl (C=O) groups excluding carboxylic acids is 4. The van der Waals surface area contributed by atoms with E-state index in [9.17, 15) is 19.2 Å². The molecule has 7 nitrogen and oxygen atoms in total. The summed E-state index contributed by atoms with van der Waals surface area (Å²) in [4.78, 5) is 50.6. The third-order valence-corrected chi connectivity index (χ3v) is 5.48. The van der Waals surface area contributed by atoms with E-state index in [1.807, 2.05) is 0 Å². The number of para-hydroxylation sites is 1. The minimum absolute atomic E-state index is 0.311. The monoisotopic (exact) mass is 369 g/mol. The van der Waals surface area contributed by atoms with Crippen LogP contribution in [0.3, 0.4) is 0 Å². The van der Waals surface area contributed by atoms with Gasteiger partial charge in [0.05, 0.1) is 17.5 Å². The lowest BCUT2D eigenvalue weighted by Gasteiger charge is -2.47. The number of hydrogen-bond acceptors (Lipinski definition) is 6. The van der Waals surface area contributed by atoms with Crippen LogP contribution in [0, 0.1) is 23.7 Å². The second-order valence-corrected chi connectivity index (χ2v) is 7.09. The number of imide groups is 1. The number of fused-ring (bicyclic) bond motifs is 1. The van der Waals surface area contributed by atoms with Crippen molar-refractivity contribution in [3.05, 3.63) is 42.5 Å². The molecular weight excluding hydrogens is 350 g/mol. The van der Waals surface area contributed by atoms with Crippen molar-refractivity contribution >= 4 is 29.4 Å². The van der Waals surface area contributed by atoms with Gasteiger partial charge in [0.15, 0.2) is 0 Å². The second-order valence-electron chi connectivity index (χ2n) is 7.09. The predicted molar refractivity (Wildman–Crippen MR) is 93.1 cm³/mol. The number of anilines is 1. The van der Waals surface area contributed by atoms with Gasteiger partial charge in [-0.1, -0.05) is 30.4 Å². The summed E-state index contributed by atoms with van der Waals surface area (Å²) in [6, 6.07) is 8.73. The fourth-order valence-electron chi connectivity index (χ4n) is 4.59. The lowest BCUT2D eigenvalue weighted by molar-refractivity contribution is -0.187. The van der Waals surface area contributed by atoms with E-state index in [2.05, 4.69) is 0 Å². The Bertz CT molecular complexity index is 797. The van der Waals surface area contributed by atoms with Crippen LogP contribution in [0.15, 0.2) is 42.5 Å². The Kier molecular flexibility index (Phi) is 4.09. The highest BCUT2D eigenvalue weighted by atomic mass is 16.6. The van der Waals surface area contributed by atoms with Crippen LogP contribution in [0.1, 0.15) is 13.8 Å². The highest BCUT2D eigenvalue weighted by molar-refractivity contribution is 6.22. The number of carbonyl (C=O) groups is 4. The van der Waals surface area contributed by atoms with Gasteiger partial charge in [-0.05, 0) is 12.1 Å². The molecule has 1 aliphatic heterocycles. The molecule has 0 N–H and O–H groups in total. The van der Waals surface area contributed by atoms with Crippen LogP contribution < -0.4 is 4.90 Å². The molecule has 2 amide bonds. The Morgan fingerprint density at radius 2 is 1.26 bits per heavy atom. The maximum Gasteiger partial charge on any atom is 0.303 e. The maximum atomic E-state index is 13.1. The van der Waals surface area contributed by atoms with E-state index >= 15 is 0 Å². The van der Waals surface area contributed by atoms with Gasteiger partial charge in [0, 0.05) is 25.7 Å². The van der Waals surface area contributed by atoms with Crippen LogP contribution >= 0.6 is 0 Å². The quantitative estimate of drug-likeness (QED) is 0.455. The number of benzene rings is 1. The molecule has 3 aliphatic carbocycles. The number of esters is 2. The first-order valence-electron chi connectivity index (χ1n) is 8.86. The summed E-state index contributed by atoms with van der Waals surface area (Å²) in [6.45, 7) is 2.54. The zero-order chi connectivity index (χ0) is 19.3. The van der Waals surface area contributed by atoms with Crippen LogP contribution in [0.4, 0.5) is 5.69 Å². The molecule has 1 heterocycles. The molecule has 0 spiro atoms. The number of hydrogen-bond donors (Lipinski definition) is 0. The first-order chi connectivity index (χ1) is 12.9. The van der Waals surface area contributed by atoms with Crippen LogP contribution in [0.25, 0.3) is 0 Å². The highest BCUT2D eigenvalue weighted by Gasteiger charge is 2.64. The van der Waals surface area contributed by atoms with Gasteiger partial charge in [-0.15, -0.1) is 0 Å². The molecule has 1 aromatic carbocycles. The lowest BCUT2D eigenvalue weighted by Crippen LogP contribution is -2.58. The molecule has 0 unspecified atom stereocenters. The summed E-state index contributed by atoms with van der Waals surface area (Å²) >= 11 is 0. The van der Waals surface area contributed by atoms with E-state index in [0.29, 0.717) is 5.69 Å². The number of nitrogens with zero attached hydrogens (tertiary/aromatic N) is 1. The average molecular weight is 369 g/mol. The molecule has 2 fully saturated rings. The van der Waals surface area contributed by atoms with Crippen molar-refractivity contribution in [2.75, 3.05) is 4.90 Å². The molecule has 27 heavy (non-hydrogen) atoms. The molecule has 4 aliphatic rings. The Hall–Kier alpha value is -2.96. The van der Waals surface area contributed by atoms with Crippen molar-refractivity contribution in [2.24, 2.45) is 23.7 Å². The molecule has 140 valence electrons. The molecule has 5 rings (SSSR count). The van der Waals surface area contributed by atoms with E-state index in [1.165, 1.54) is 18.7 Å². The van der Waals surface area contributed by atoms with Crippen molar-refractivity contribution in [1.29, 1.82) is 0 Å². The molecule has 2 bridgehead atoms. The molecule has 1 saturated heterocycles. The molecule has 0 aromatic heterocycles. The summed E-state index contributed by atoms with van der Waals surface area (Å²) in [5.74, 6) is -3.97. The van der Waals surface area contributed by atoms with Crippen LogP contribution in [0.2, 0.25) is 0 Å². The largest absolute Gasteiger partial charge is 0.458 e. The van der Waals surface area contributed by atoms with E-state index < -0.39 is 47.8 Å². The minimum atomic E-state index is -0.782. The highest BCUT2D eigenvalue weighted by Crippen LogP contribution is 2.52. The molecule has 1 saturated carbocycles. The standard InChI is InChI=1S/C20H19NO6/c1-10(22)26-17-13-8-9-14(18(17)27-11(2)23)16-15(13)19(24)21(20(16)25)12-6-4-3-5-7-12/h3-9,13-18H,1-2H3/t13-,14+,15+,16-,17-,18-/m1/s1. The second kappa shape index (κ2) is 6.33. The van der Waals surface area contributed by atoms with Crippen LogP contribution in [-0.4, -0.2) is 36.0 Å². The van der Waals surface area contributed by atoms with Gasteiger partial charge in [0.1, 0.15) is 12.2 Å². The summed E-state index contributed by atoms with van der Waals surface area (Å²) < 4.78 is 10.8.